The SMILES string of the molecule is CC1CN(c2ccc(SC(F)(F)F)cc2)CN1Cc1ccnc(C(=O)N(C)C)c1. The monoisotopic (exact) mass is 424 g/mol. The minimum absolute atomic E-state index is 0.105. The van der Waals surface area contributed by atoms with Gasteiger partial charge in [0.25, 0.3) is 5.91 Å². The van der Waals surface area contributed by atoms with Crippen molar-refractivity contribution in [3.63, 3.8) is 0 Å². The van der Waals surface area contributed by atoms with Crippen molar-refractivity contribution in [1.82, 2.24) is 14.8 Å². The van der Waals surface area contributed by atoms with Crippen LogP contribution in [0.5, 0.6) is 0 Å². The molecule has 1 aromatic carbocycles. The second-order valence-electron chi connectivity index (χ2n) is 7.25. The summed E-state index contributed by atoms with van der Waals surface area (Å²) in [5, 5.41) is 0. The Labute approximate surface area is 172 Å². The Morgan fingerprint density at radius 1 is 1.24 bits per heavy atom. The molecule has 1 fully saturated rings. The molecule has 156 valence electrons. The Kier molecular flexibility index (Phi) is 6.38. The lowest BCUT2D eigenvalue weighted by Gasteiger charge is -2.21. The van der Waals surface area contributed by atoms with Crippen LogP contribution in [0.25, 0.3) is 0 Å². The molecule has 1 atom stereocenters. The first-order valence-electron chi connectivity index (χ1n) is 9.14. The maximum Gasteiger partial charge on any atom is 0.446 e. The predicted molar refractivity (Wildman–Crippen MR) is 108 cm³/mol. The van der Waals surface area contributed by atoms with Crippen molar-refractivity contribution in [2.75, 3.05) is 32.2 Å². The number of hydrogen-bond acceptors (Lipinski definition) is 5. The number of hydrogen-bond donors (Lipinski definition) is 0. The summed E-state index contributed by atoms with van der Waals surface area (Å²) in [5.74, 6) is -0.139. The molecule has 5 nitrogen and oxygen atoms in total. The number of amides is 1. The van der Waals surface area contributed by atoms with Gasteiger partial charge in [0.05, 0.1) is 6.67 Å². The van der Waals surface area contributed by atoms with Crippen molar-refractivity contribution in [3.8, 4) is 0 Å². The summed E-state index contributed by atoms with van der Waals surface area (Å²) in [5.41, 5.74) is -1.98. The van der Waals surface area contributed by atoms with E-state index in [0.717, 1.165) is 17.8 Å². The highest BCUT2D eigenvalue weighted by Crippen LogP contribution is 2.37. The number of aromatic nitrogens is 1. The Morgan fingerprint density at radius 3 is 2.55 bits per heavy atom. The van der Waals surface area contributed by atoms with Gasteiger partial charge in [-0.25, -0.2) is 0 Å². The van der Waals surface area contributed by atoms with Crippen LogP contribution in [0.4, 0.5) is 18.9 Å². The third kappa shape index (κ3) is 5.63. The molecule has 29 heavy (non-hydrogen) atoms. The van der Waals surface area contributed by atoms with Crippen LogP contribution in [-0.4, -0.2) is 59.5 Å². The van der Waals surface area contributed by atoms with Gasteiger partial charge in [-0.15, -0.1) is 0 Å². The van der Waals surface area contributed by atoms with Crippen molar-refractivity contribution in [1.29, 1.82) is 0 Å². The van der Waals surface area contributed by atoms with Gasteiger partial charge in [0.1, 0.15) is 5.69 Å². The third-order valence-electron chi connectivity index (χ3n) is 4.73. The summed E-state index contributed by atoms with van der Waals surface area (Å²) < 4.78 is 37.5. The molecule has 2 aromatic rings. The average Bonchev–Trinajstić information content (AvgIpc) is 3.01. The fourth-order valence-electron chi connectivity index (χ4n) is 3.26. The maximum absolute atomic E-state index is 12.5. The van der Waals surface area contributed by atoms with Gasteiger partial charge in [0, 0.05) is 50.0 Å². The molecule has 0 bridgehead atoms. The van der Waals surface area contributed by atoms with Crippen molar-refractivity contribution in [2.45, 2.75) is 29.9 Å². The molecular weight excluding hydrogens is 401 g/mol. The quantitative estimate of drug-likeness (QED) is 0.677. The number of carbonyl (C=O) groups excluding carboxylic acids is 1. The van der Waals surface area contributed by atoms with Gasteiger partial charge >= 0.3 is 5.51 Å². The number of nitrogens with zero attached hydrogens (tertiary/aromatic N) is 4. The van der Waals surface area contributed by atoms with E-state index in [-0.39, 0.29) is 28.6 Å². The molecule has 0 aliphatic carbocycles. The van der Waals surface area contributed by atoms with E-state index in [9.17, 15) is 18.0 Å². The highest BCUT2D eigenvalue weighted by atomic mass is 32.2. The first-order valence-corrected chi connectivity index (χ1v) is 9.95. The van der Waals surface area contributed by atoms with E-state index >= 15 is 0 Å². The topological polar surface area (TPSA) is 39.7 Å². The van der Waals surface area contributed by atoms with E-state index in [1.54, 1.807) is 38.5 Å². The molecule has 1 saturated heterocycles. The zero-order valence-corrected chi connectivity index (χ0v) is 17.3. The zero-order chi connectivity index (χ0) is 21.2. The molecule has 1 unspecified atom stereocenters. The van der Waals surface area contributed by atoms with Crippen LogP contribution in [0.2, 0.25) is 0 Å². The number of pyridine rings is 1. The van der Waals surface area contributed by atoms with E-state index < -0.39 is 5.51 Å². The summed E-state index contributed by atoms with van der Waals surface area (Å²) in [4.78, 5) is 22.3. The molecule has 3 rings (SSSR count). The number of benzene rings is 1. The molecule has 0 spiro atoms. The van der Waals surface area contributed by atoms with Crippen molar-refractivity contribution < 1.29 is 18.0 Å². The lowest BCUT2D eigenvalue weighted by atomic mass is 10.2. The number of halogens is 3. The van der Waals surface area contributed by atoms with Gasteiger partial charge in [-0.05, 0) is 60.6 Å². The summed E-state index contributed by atoms with van der Waals surface area (Å²) in [6.45, 7) is 4.21. The van der Waals surface area contributed by atoms with Crippen LogP contribution in [0, 0.1) is 0 Å². The molecule has 9 heteroatoms. The average molecular weight is 424 g/mol. The second-order valence-corrected chi connectivity index (χ2v) is 8.39. The highest BCUT2D eigenvalue weighted by Gasteiger charge is 2.30. The minimum atomic E-state index is -4.28. The molecule has 1 aliphatic rings. The molecule has 1 aromatic heterocycles. The van der Waals surface area contributed by atoms with Crippen LogP contribution >= 0.6 is 11.8 Å². The van der Waals surface area contributed by atoms with Gasteiger partial charge < -0.3 is 9.80 Å². The van der Waals surface area contributed by atoms with Crippen LogP contribution in [0.1, 0.15) is 23.0 Å². The van der Waals surface area contributed by atoms with Gasteiger partial charge in [0.15, 0.2) is 0 Å². The third-order valence-corrected chi connectivity index (χ3v) is 5.47. The smallest absolute Gasteiger partial charge is 0.357 e. The van der Waals surface area contributed by atoms with E-state index in [1.807, 2.05) is 6.07 Å². The van der Waals surface area contributed by atoms with Gasteiger partial charge in [0.2, 0.25) is 0 Å². The van der Waals surface area contributed by atoms with Crippen molar-refractivity contribution in [3.05, 3.63) is 53.9 Å². The molecule has 1 aliphatic heterocycles. The number of carbonyl (C=O) groups is 1. The Hall–Kier alpha value is -2.26. The van der Waals surface area contributed by atoms with E-state index in [0.29, 0.717) is 18.9 Å². The fraction of sp³-hybridized carbons (Fsp3) is 0.400. The van der Waals surface area contributed by atoms with Gasteiger partial charge in [-0.1, -0.05) is 0 Å². The van der Waals surface area contributed by atoms with Crippen LogP contribution in [0.3, 0.4) is 0 Å². The number of thioether (sulfide) groups is 1. The molecule has 0 N–H and O–H groups in total. The predicted octanol–water partition coefficient (Wildman–Crippen LogP) is 4.06. The van der Waals surface area contributed by atoms with Gasteiger partial charge in [-0.3, -0.25) is 14.7 Å². The summed E-state index contributed by atoms with van der Waals surface area (Å²) in [6, 6.07) is 10.4. The van der Waals surface area contributed by atoms with E-state index in [4.69, 9.17) is 0 Å². The Morgan fingerprint density at radius 2 is 1.93 bits per heavy atom. The van der Waals surface area contributed by atoms with Gasteiger partial charge in [-0.2, -0.15) is 13.2 Å². The standard InChI is InChI=1S/C20H23F3N4OS/c1-14-11-27(16-4-6-17(7-5-16)29-20(21,22)23)13-26(14)12-15-8-9-24-18(10-15)19(28)25(2)3/h4-10,14H,11-13H2,1-3H3. The van der Waals surface area contributed by atoms with E-state index in [1.165, 1.54) is 17.0 Å². The van der Waals surface area contributed by atoms with Crippen LogP contribution in [-0.2, 0) is 6.54 Å². The molecule has 1 amide bonds. The minimum Gasteiger partial charge on any atom is -0.357 e. The molecule has 0 radical (unpaired) electrons. The van der Waals surface area contributed by atoms with Crippen molar-refractivity contribution in [2.24, 2.45) is 0 Å². The Balaban J connectivity index is 1.66. The lowest BCUT2D eigenvalue weighted by Crippen LogP contribution is -2.28. The summed E-state index contributed by atoms with van der Waals surface area (Å²) in [6.07, 6.45) is 1.64. The fourth-order valence-corrected chi connectivity index (χ4v) is 3.79. The number of alkyl halides is 3. The second kappa shape index (κ2) is 8.62. The summed E-state index contributed by atoms with van der Waals surface area (Å²) >= 11 is -0.105. The first-order chi connectivity index (χ1) is 13.6. The van der Waals surface area contributed by atoms with Crippen LogP contribution < -0.4 is 4.90 Å². The number of rotatable bonds is 5. The maximum atomic E-state index is 12.5. The van der Waals surface area contributed by atoms with Crippen LogP contribution in [0.15, 0.2) is 47.5 Å². The first kappa shape index (κ1) is 21.4. The molecular formula is C20H23F3N4OS. The number of anilines is 1. The highest BCUT2D eigenvalue weighted by molar-refractivity contribution is 8.00. The lowest BCUT2D eigenvalue weighted by molar-refractivity contribution is -0.0328. The van der Waals surface area contributed by atoms with E-state index in [2.05, 4.69) is 21.7 Å². The largest absolute Gasteiger partial charge is 0.446 e. The molecule has 2 heterocycles. The normalized spacial score (nSPS) is 17.6. The Bertz CT molecular complexity index is 858. The summed E-state index contributed by atoms with van der Waals surface area (Å²) in [7, 11) is 3.38. The zero-order valence-electron chi connectivity index (χ0n) is 16.5. The molecule has 0 saturated carbocycles. The van der Waals surface area contributed by atoms with Crippen molar-refractivity contribution >= 4 is 23.4 Å².